The number of anilines is 2. The molecular formula is C28H28BrN3O7. The van der Waals surface area contributed by atoms with Crippen LogP contribution in [0.5, 0.6) is 11.5 Å². The maximum atomic E-state index is 13.2. The summed E-state index contributed by atoms with van der Waals surface area (Å²) in [4.78, 5) is 38.3. The second-order valence-corrected chi connectivity index (χ2v) is 9.85. The number of carboxylic acid groups (broad SMARTS) is 1. The van der Waals surface area contributed by atoms with E-state index in [0.29, 0.717) is 34.9 Å². The second kappa shape index (κ2) is 12.6. The average Bonchev–Trinajstić information content (AvgIpc) is 3.30. The summed E-state index contributed by atoms with van der Waals surface area (Å²) in [7, 11) is 1.48. The first-order valence-corrected chi connectivity index (χ1v) is 13.0. The summed E-state index contributed by atoms with van der Waals surface area (Å²) in [6.45, 7) is 0.352. The van der Waals surface area contributed by atoms with E-state index in [4.69, 9.17) is 14.6 Å². The van der Waals surface area contributed by atoms with Gasteiger partial charge >= 0.3 is 12.0 Å². The van der Waals surface area contributed by atoms with Gasteiger partial charge in [0, 0.05) is 11.0 Å². The molecule has 0 radical (unpaired) electrons. The van der Waals surface area contributed by atoms with Crippen molar-refractivity contribution >= 4 is 45.2 Å². The van der Waals surface area contributed by atoms with Crippen molar-refractivity contribution in [2.75, 3.05) is 30.9 Å². The number of halogens is 1. The van der Waals surface area contributed by atoms with Crippen molar-refractivity contribution < 1.29 is 34.1 Å². The van der Waals surface area contributed by atoms with Crippen molar-refractivity contribution in [1.82, 2.24) is 4.90 Å². The zero-order valence-corrected chi connectivity index (χ0v) is 22.7. The number of rotatable bonds is 9. The molecule has 1 aliphatic heterocycles. The molecule has 3 aromatic carbocycles. The number of likely N-dealkylation sites (tertiary alicyclic amines) is 1. The molecule has 11 heteroatoms. The number of urea groups is 1. The van der Waals surface area contributed by atoms with Gasteiger partial charge in [0.2, 0.25) is 5.91 Å². The number of methoxy groups -OCH3 is 1. The molecule has 204 valence electrons. The Morgan fingerprint density at radius 3 is 2.44 bits per heavy atom. The van der Waals surface area contributed by atoms with Crippen LogP contribution in [0.3, 0.4) is 0 Å². The summed E-state index contributed by atoms with van der Waals surface area (Å²) in [6, 6.07) is 17.5. The van der Waals surface area contributed by atoms with Crippen LogP contribution in [0.15, 0.2) is 71.2 Å². The van der Waals surface area contributed by atoms with Crippen molar-refractivity contribution in [3.8, 4) is 11.5 Å². The van der Waals surface area contributed by atoms with E-state index in [0.717, 1.165) is 4.47 Å². The molecule has 3 aromatic rings. The smallest absolute Gasteiger partial charge is 0.335 e. The zero-order chi connectivity index (χ0) is 27.9. The number of carbonyl (C=O) groups excluding carboxylic acids is 2. The van der Waals surface area contributed by atoms with Gasteiger partial charge in [0.15, 0.2) is 0 Å². The van der Waals surface area contributed by atoms with Gasteiger partial charge in [-0.25, -0.2) is 9.59 Å². The van der Waals surface area contributed by atoms with Gasteiger partial charge in [0.05, 0.1) is 42.6 Å². The van der Waals surface area contributed by atoms with Gasteiger partial charge in [0.25, 0.3) is 0 Å². The zero-order valence-electron chi connectivity index (χ0n) is 21.1. The predicted molar refractivity (Wildman–Crippen MR) is 149 cm³/mol. The summed E-state index contributed by atoms with van der Waals surface area (Å²) in [6.07, 6.45) is -0.227. The van der Waals surface area contributed by atoms with E-state index in [9.17, 15) is 19.5 Å². The standard InChI is InChI=1S/C28H28BrN3O7/c1-38-25-12-17(6-11-24(25)31-28(37)30-23-5-3-2-4-22(23)29)13-26(34)32-15-20(33)14-19(32)16-39-21-9-7-18(8-10-21)27(35)36/h2-12,19-20,33H,13-16H2,1H3,(H,35,36)(H2,30,31,37)/t19-,20-/m0/s1. The minimum absolute atomic E-state index is 0.0658. The van der Waals surface area contributed by atoms with Crippen LogP contribution in [0.2, 0.25) is 0 Å². The first kappa shape index (κ1) is 27.9. The number of carboxylic acids is 1. The van der Waals surface area contributed by atoms with Crippen LogP contribution in [-0.4, -0.2) is 65.4 Å². The molecule has 0 aliphatic carbocycles. The van der Waals surface area contributed by atoms with E-state index >= 15 is 0 Å². The van der Waals surface area contributed by atoms with E-state index in [1.54, 1.807) is 47.4 Å². The van der Waals surface area contributed by atoms with Crippen LogP contribution in [0, 0.1) is 0 Å². The van der Waals surface area contributed by atoms with Crippen LogP contribution in [0.1, 0.15) is 22.3 Å². The highest BCUT2D eigenvalue weighted by Gasteiger charge is 2.34. The van der Waals surface area contributed by atoms with Gasteiger partial charge in [-0.05, 0) is 76.4 Å². The van der Waals surface area contributed by atoms with Gasteiger partial charge in [-0.15, -0.1) is 0 Å². The molecule has 0 bridgehead atoms. The van der Waals surface area contributed by atoms with E-state index < -0.39 is 18.1 Å². The third kappa shape index (κ3) is 7.27. The number of nitrogens with one attached hydrogen (secondary N) is 2. The van der Waals surface area contributed by atoms with Gasteiger partial charge in [0.1, 0.15) is 18.1 Å². The lowest BCUT2D eigenvalue weighted by Gasteiger charge is -2.25. The Morgan fingerprint density at radius 1 is 1.03 bits per heavy atom. The Bertz CT molecular complexity index is 1350. The van der Waals surface area contributed by atoms with Crippen LogP contribution >= 0.6 is 15.9 Å². The lowest BCUT2D eigenvalue weighted by atomic mass is 10.1. The largest absolute Gasteiger partial charge is 0.495 e. The molecule has 2 atom stereocenters. The number of benzene rings is 3. The Balaban J connectivity index is 1.37. The molecule has 10 nitrogen and oxygen atoms in total. The number of amides is 3. The summed E-state index contributed by atoms with van der Waals surface area (Å²) < 4.78 is 12.0. The first-order chi connectivity index (χ1) is 18.7. The lowest BCUT2D eigenvalue weighted by molar-refractivity contribution is -0.132. The van der Waals surface area contributed by atoms with Gasteiger partial charge in [-0.3, -0.25) is 4.79 Å². The van der Waals surface area contributed by atoms with Crippen molar-refractivity contribution in [3.05, 3.63) is 82.3 Å². The third-order valence-electron chi connectivity index (χ3n) is 6.25. The monoisotopic (exact) mass is 597 g/mol. The van der Waals surface area contributed by atoms with Crippen LogP contribution in [0.25, 0.3) is 0 Å². The number of aliphatic hydroxyl groups is 1. The molecule has 0 saturated carbocycles. The number of aliphatic hydroxyl groups excluding tert-OH is 1. The summed E-state index contributed by atoms with van der Waals surface area (Å²) >= 11 is 3.39. The Morgan fingerprint density at radius 2 is 1.74 bits per heavy atom. The average molecular weight is 598 g/mol. The highest BCUT2D eigenvalue weighted by molar-refractivity contribution is 9.10. The number of nitrogens with zero attached hydrogens (tertiary/aromatic N) is 1. The topological polar surface area (TPSA) is 137 Å². The molecule has 0 aromatic heterocycles. The van der Waals surface area contributed by atoms with E-state index in [1.807, 2.05) is 12.1 Å². The fourth-order valence-electron chi connectivity index (χ4n) is 4.31. The minimum Gasteiger partial charge on any atom is -0.495 e. The second-order valence-electron chi connectivity index (χ2n) is 9.00. The molecule has 39 heavy (non-hydrogen) atoms. The van der Waals surface area contributed by atoms with Crippen LogP contribution < -0.4 is 20.1 Å². The van der Waals surface area contributed by atoms with Gasteiger partial charge in [-0.2, -0.15) is 0 Å². The van der Waals surface area contributed by atoms with Gasteiger partial charge < -0.3 is 35.2 Å². The first-order valence-electron chi connectivity index (χ1n) is 12.2. The molecule has 1 fully saturated rings. The number of ether oxygens (including phenoxy) is 2. The fraction of sp³-hybridized carbons (Fsp3) is 0.250. The normalized spacial score (nSPS) is 16.4. The number of hydrogen-bond donors (Lipinski definition) is 4. The van der Waals surface area contributed by atoms with Crippen molar-refractivity contribution in [1.29, 1.82) is 0 Å². The molecule has 0 unspecified atom stereocenters. The SMILES string of the molecule is COc1cc(CC(=O)N2C[C@@H](O)C[C@H]2COc2ccc(C(=O)O)cc2)ccc1NC(=O)Nc1ccccc1Br. The number of para-hydroxylation sites is 1. The summed E-state index contributed by atoms with van der Waals surface area (Å²) in [5.41, 5.74) is 1.88. The number of carbonyl (C=O) groups is 3. The maximum Gasteiger partial charge on any atom is 0.335 e. The highest BCUT2D eigenvalue weighted by Crippen LogP contribution is 2.28. The number of β-amino-alcohol motifs (C(OH)–C–C–N with tert-alkyl or cyclic N) is 1. The van der Waals surface area contributed by atoms with Crippen molar-refractivity contribution in [2.45, 2.75) is 25.0 Å². The minimum atomic E-state index is -1.03. The summed E-state index contributed by atoms with van der Waals surface area (Å²) in [5, 5.41) is 24.8. The van der Waals surface area contributed by atoms with Crippen molar-refractivity contribution in [3.63, 3.8) is 0 Å². The molecule has 1 aliphatic rings. The van der Waals surface area contributed by atoms with E-state index in [1.165, 1.54) is 19.2 Å². The Kier molecular flexibility index (Phi) is 9.05. The van der Waals surface area contributed by atoms with Crippen LogP contribution in [0.4, 0.5) is 16.2 Å². The molecule has 1 heterocycles. The molecule has 0 spiro atoms. The van der Waals surface area contributed by atoms with E-state index in [-0.39, 0.29) is 37.1 Å². The number of aromatic carboxylic acids is 1. The third-order valence-corrected chi connectivity index (χ3v) is 6.94. The Hall–Kier alpha value is -4.09. The highest BCUT2D eigenvalue weighted by atomic mass is 79.9. The number of hydrogen-bond acceptors (Lipinski definition) is 6. The Labute approximate surface area is 233 Å². The summed E-state index contributed by atoms with van der Waals surface area (Å²) in [5.74, 6) is -0.337. The molecule has 1 saturated heterocycles. The molecular weight excluding hydrogens is 570 g/mol. The predicted octanol–water partition coefficient (Wildman–Crippen LogP) is 4.38. The molecule has 3 amide bonds. The van der Waals surface area contributed by atoms with E-state index in [2.05, 4.69) is 26.6 Å². The molecule has 4 rings (SSSR count). The van der Waals surface area contributed by atoms with Crippen molar-refractivity contribution in [2.24, 2.45) is 0 Å². The lowest BCUT2D eigenvalue weighted by Crippen LogP contribution is -2.40. The molecule has 4 N–H and O–H groups in total. The van der Waals surface area contributed by atoms with Crippen LogP contribution in [-0.2, 0) is 11.2 Å². The fourth-order valence-corrected chi connectivity index (χ4v) is 4.69. The maximum absolute atomic E-state index is 13.2. The quantitative estimate of drug-likeness (QED) is 0.287. The van der Waals surface area contributed by atoms with Gasteiger partial charge in [-0.1, -0.05) is 18.2 Å².